The molecule has 1 saturated heterocycles. The lowest BCUT2D eigenvalue weighted by atomic mass is 9.91. The molecule has 0 saturated carbocycles. The van der Waals surface area contributed by atoms with E-state index in [1.54, 1.807) is 6.07 Å². The molecule has 15 heavy (non-hydrogen) atoms. The quantitative estimate of drug-likeness (QED) is 0.689. The average molecular weight is 206 g/mol. The van der Waals surface area contributed by atoms with Gasteiger partial charge in [0.2, 0.25) is 0 Å². The Morgan fingerprint density at radius 3 is 3.20 bits per heavy atom. The van der Waals surface area contributed by atoms with E-state index in [1.165, 1.54) is 5.56 Å². The third-order valence-corrected chi connectivity index (χ3v) is 3.52. The minimum atomic E-state index is -0.0299. The van der Waals surface area contributed by atoms with E-state index in [9.17, 15) is 4.39 Å². The zero-order valence-corrected chi connectivity index (χ0v) is 8.67. The SMILES string of the molecule is Fc1cccc2c1CCN1CCNCC21. The van der Waals surface area contributed by atoms with Crippen molar-refractivity contribution in [1.82, 2.24) is 10.2 Å². The molecule has 2 aliphatic rings. The molecular formula is C12H15FN2. The Bertz CT molecular complexity index is 378. The highest BCUT2D eigenvalue weighted by Crippen LogP contribution is 2.31. The van der Waals surface area contributed by atoms with E-state index in [2.05, 4.69) is 16.3 Å². The first kappa shape index (κ1) is 9.31. The Morgan fingerprint density at radius 1 is 1.33 bits per heavy atom. The lowest BCUT2D eigenvalue weighted by molar-refractivity contribution is 0.150. The Kier molecular flexibility index (Phi) is 2.22. The van der Waals surface area contributed by atoms with Gasteiger partial charge in [0.05, 0.1) is 0 Å². The fourth-order valence-electron chi connectivity index (χ4n) is 2.73. The van der Waals surface area contributed by atoms with E-state index >= 15 is 0 Å². The van der Waals surface area contributed by atoms with Crippen LogP contribution in [-0.2, 0) is 6.42 Å². The van der Waals surface area contributed by atoms with Crippen molar-refractivity contribution in [3.8, 4) is 0 Å². The average Bonchev–Trinajstić information content (AvgIpc) is 2.29. The second-order valence-corrected chi connectivity index (χ2v) is 4.31. The third-order valence-electron chi connectivity index (χ3n) is 3.52. The number of fused-ring (bicyclic) bond motifs is 3. The van der Waals surface area contributed by atoms with Gasteiger partial charge < -0.3 is 5.32 Å². The van der Waals surface area contributed by atoms with Crippen molar-refractivity contribution in [2.75, 3.05) is 26.2 Å². The summed E-state index contributed by atoms with van der Waals surface area (Å²) in [7, 11) is 0. The third kappa shape index (κ3) is 1.46. The molecular weight excluding hydrogens is 191 g/mol. The Balaban J connectivity index is 2.03. The van der Waals surface area contributed by atoms with Crippen molar-refractivity contribution in [2.24, 2.45) is 0 Å². The summed E-state index contributed by atoms with van der Waals surface area (Å²) >= 11 is 0. The number of benzene rings is 1. The molecule has 1 atom stereocenters. The summed E-state index contributed by atoms with van der Waals surface area (Å²) in [5.41, 5.74) is 2.12. The maximum atomic E-state index is 13.6. The minimum absolute atomic E-state index is 0.0299. The van der Waals surface area contributed by atoms with Gasteiger partial charge in [-0.3, -0.25) is 4.90 Å². The maximum absolute atomic E-state index is 13.6. The summed E-state index contributed by atoms with van der Waals surface area (Å²) in [6.07, 6.45) is 0.860. The summed E-state index contributed by atoms with van der Waals surface area (Å²) in [5, 5.41) is 3.38. The molecule has 1 aromatic rings. The molecule has 1 N–H and O–H groups in total. The normalized spacial score (nSPS) is 25.8. The standard InChI is InChI=1S/C12H15FN2/c13-11-3-1-2-10-9(11)4-6-15-7-5-14-8-12(10)15/h1-3,12,14H,4-8H2. The zero-order chi connectivity index (χ0) is 10.3. The van der Waals surface area contributed by atoms with Gasteiger partial charge in [-0.25, -0.2) is 4.39 Å². The van der Waals surface area contributed by atoms with Crippen LogP contribution in [0.3, 0.4) is 0 Å². The second-order valence-electron chi connectivity index (χ2n) is 4.31. The Morgan fingerprint density at radius 2 is 2.27 bits per heavy atom. The van der Waals surface area contributed by atoms with Gasteiger partial charge in [0, 0.05) is 32.2 Å². The molecule has 0 radical (unpaired) electrons. The van der Waals surface area contributed by atoms with Crippen LogP contribution >= 0.6 is 0 Å². The number of hydrogen-bond acceptors (Lipinski definition) is 2. The van der Waals surface area contributed by atoms with Crippen molar-refractivity contribution in [1.29, 1.82) is 0 Å². The number of piperazine rings is 1. The summed E-state index contributed by atoms with van der Waals surface area (Å²) in [4.78, 5) is 2.46. The van der Waals surface area contributed by atoms with Crippen molar-refractivity contribution in [2.45, 2.75) is 12.5 Å². The predicted molar refractivity (Wildman–Crippen MR) is 57.3 cm³/mol. The zero-order valence-electron chi connectivity index (χ0n) is 8.67. The fraction of sp³-hybridized carbons (Fsp3) is 0.500. The molecule has 0 spiro atoms. The van der Waals surface area contributed by atoms with E-state index in [0.717, 1.165) is 38.2 Å². The van der Waals surface area contributed by atoms with E-state index in [0.29, 0.717) is 6.04 Å². The Hall–Kier alpha value is -0.930. The van der Waals surface area contributed by atoms with Gasteiger partial charge in [0.15, 0.2) is 0 Å². The number of nitrogens with one attached hydrogen (secondary N) is 1. The van der Waals surface area contributed by atoms with Gasteiger partial charge in [0.25, 0.3) is 0 Å². The number of hydrogen-bond donors (Lipinski definition) is 1. The molecule has 0 aromatic heterocycles. The smallest absolute Gasteiger partial charge is 0.126 e. The van der Waals surface area contributed by atoms with Crippen molar-refractivity contribution >= 4 is 0 Å². The first-order chi connectivity index (χ1) is 7.36. The van der Waals surface area contributed by atoms with Crippen LogP contribution in [0.1, 0.15) is 17.2 Å². The first-order valence-corrected chi connectivity index (χ1v) is 5.58. The highest BCUT2D eigenvalue weighted by Gasteiger charge is 2.30. The lowest BCUT2D eigenvalue weighted by Crippen LogP contribution is -2.49. The van der Waals surface area contributed by atoms with E-state index in [4.69, 9.17) is 0 Å². The van der Waals surface area contributed by atoms with Crippen LogP contribution in [-0.4, -0.2) is 31.1 Å². The van der Waals surface area contributed by atoms with E-state index < -0.39 is 0 Å². The van der Waals surface area contributed by atoms with Crippen LogP contribution in [0.5, 0.6) is 0 Å². The molecule has 3 rings (SSSR count). The summed E-state index contributed by atoms with van der Waals surface area (Å²) in [5.74, 6) is -0.0299. The van der Waals surface area contributed by atoms with Crippen LogP contribution < -0.4 is 5.32 Å². The van der Waals surface area contributed by atoms with Crippen LogP contribution in [0.2, 0.25) is 0 Å². The molecule has 1 fully saturated rings. The van der Waals surface area contributed by atoms with Gasteiger partial charge in [-0.05, 0) is 23.6 Å². The molecule has 0 bridgehead atoms. The van der Waals surface area contributed by atoms with Crippen molar-refractivity contribution in [3.05, 3.63) is 35.1 Å². The molecule has 0 amide bonds. The summed E-state index contributed by atoms with van der Waals surface area (Å²) in [6.45, 7) is 4.10. The molecule has 0 aliphatic carbocycles. The molecule has 3 heteroatoms. The van der Waals surface area contributed by atoms with Gasteiger partial charge in [-0.1, -0.05) is 12.1 Å². The maximum Gasteiger partial charge on any atom is 0.126 e. The van der Waals surface area contributed by atoms with Gasteiger partial charge >= 0.3 is 0 Å². The fourth-order valence-corrected chi connectivity index (χ4v) is 2.73. The summed E-state index contributed by atoms with van der Waals surface area (Å²) in [6, 6.07) is 5.86. The molecule has 2 aliphatic heterocycles. The highest BCUT2D eigenvalue weighted by atomic mass is 19.1. The largest absolute Gasteiger partial charge is 0.314 e. The molecule has 2 nitrogen and oxygen atoms in total. The molecule has 1 unspecified atom stereocenters. The molecule has 2 heterocycles. The first-order valence-electron chi connectivity index (χ1n) is 5.58. The van der Waals surface area contributed by atoms with Gasteiger partial charge in [0.1, 0.15) is 5.82 Å². The second kappa shape index (κ2) is 3.58. The number of rotatable bonds is 0. The monoisotopic (exact) mass is 206 g/mol. The van der Waals surface area contributed by atoms with E-state index in [-0.39, 0.29) is 5.82 Å². The molecule has 1 aromatic carbocycles. The van der Waals surface area contributed by atoms with Crippen LogP contribution in [0.15, 0.2) is 18.2 Å². The number of nitrogens with zero attached hydrogens (tertiary/aromatic N) is 1. The Labute approximate surface area is 89.1 Å². The van der Waals surface area contributed by atoms with Crippen LogP contribution in [0.25, 0.3) is 0 Å². The van der Waals surface area contributed by atoms with Gasteiger partial charge in [-0.2, -0.15) is 0 Å². The topological polar surface area (TPSA) is 15.3 Å². The lowest BCUT2D eigenvalue weighted by Gasteiger charge is -2.40. The minimum Gasteiger partial charge on any atom is -0.314 e. The van der Waals surface area contributed by atoms with Crippen LogP contribution in [0, 0.1) is 5.82 Å². The van der Waals surface area contributed by atoms with Crippen molar-refractivity contribution in [3.63, 3.8) is 0 Å². The van der Waals surface area contributed by atoms with Crippen LogP contribution in [0.4, 0.5) is 4.39 Å². The van der Waals surface area contributed by atoms with Gasteiger partial charge in [-0.15, -0.1) is 0 Å². The van der Waals surface area contributed by atoms with Crippen molar-refractivity contribution < 1.29 is 4.39 Å². The highest BCUT2D eigenvalue weighted by molar-refractivity contribution is 5.34. The molecule has 80 valence electrons. The predicted octanol–water partition coefficient (Wildman–Crippen LogP) is 1.33. The number of halogens is 1. The van der Waals surface area contributed by atoms with E-state index in [1.807, 2.05) is 6.07 Å². The summed E-state index contributed by atoms with van der Waals surface area (Å²) < 4.78 is 13.6.